The minimum Gasteiger partial charge on any atom is -0.393 e. The highest BCUT2D eigenvalue weighted by Gasteiger charge is 2.08. The lowest BCUT2D eigenvalue weighted by molar-refractivity contribution is 0.160. The molecule has 1 aromatic heterocycles. The monoisotopic (exact) mass is 184 g/mol. The largest absolute Gasteiger partial charge is 0.393 e. The first-order chi connectivity index (χ1) is 6.22. The van der Waals surface area contributed by atoms with Crippen LogP contribution < -0.4 is 5.73 Å². The van der Waals surface area contributed by atoms with Crippen molar-refractivity contribution in [1.82, 2.24) is 5.16 Å². The summed E-state index contributed by atoms with van der Waals surface area (Å²) in [7, 11) is 0. The molecule has 3 N–H and O–H groups in total. The molecule has 0 saturated heterocycles. The molecule has 0 radical (unpaired) electrons. The summed E-state index contributed by atoms with van der Waals surface area (Å²) < 4.78 is 4.88. The lowest BCUT2D eigenvalue weighted by atomic mass is 10.1. The minimum absolute atomic E-state index is 0.354. The molecule has 0 spiro atoms. The van der Waals surface area contributed by atoms with Crippen molar-refractivity contribution in [2.75, 3.05) is 6.54 Å². The van der Waals surface area contributed by atoms with E-state index in [4.69, 9.17) is 10.3 Å². The van der Waals surface area contributed by atoms with Crippen LogP contribution >= 0.6 is 0 Å². The van der Waals surface area contributed by atoms with Gasteiger partial charge in [0.15, 0.2) is 0 Å². The van der Waals surface area contributed by atoms with Gasteiger partial charge in [0.1, 0.15) is 5.76 Å². The van der Waals surface area contributed by atoms with E-state index in [1.54, 1.807) is 0 Å². The summed E-state index contributed by atoms with van der Waals surface area (Å²) in [6, 6.07) is 1.84. The van der Waals surface area contributed by atoms with E-state index in [0.29, 0.717) is 13.0 Å². The Hall–Kier alpha value is -0.870. The highest BCUT2D eigenvalue weighted by Crippen LogP contribution is 2.07. The Bertz CT molecular complexity index is 248. The van der Waals surface area contributed by atoms with Gasteiger partial charge in [0, 0.05) is 12.5 Å². The van der Waals surface area contributed by atoms with Crippen molar-refractivity contribution in [1.29, 1.82) is 0 Å². The molecule has 4 heteroatoms. The van der Waals surface area contributed by atoms with Crippen LogP contribution in [-0.4, -0.2) is 22.9 Å². The van der Waals surface area contributed by atoms with Gasteiger partial charge in [-0.05, 0) is 26.3 Å². The van der Waals surface area contributed by atoms with E-state index in [-0.39, 0.29) is 6.10 Å². The maximum absolute atomic E-state index is 9.51. The fourth-order valence-electron chi connectivity index (χ4n) is 1.21. The van der Waals surface area contributed by atoms with E-state index in [0.717, 1.165) is 24.3 Å². The number of aromatic nitrogens is 1. The third kappa shape index (κ3) is 3.57. The van der Waals surface area contributed by atoms with Crippen LogP contribution in [0.15, 0.2) is 10.6 Å². The number of hydrogen-bond acceptors (Lipinski definition) is 4. The Labute approximate surface area is 77.7 Å². The number of rotatable bonds is 5. The second-order valence-corrected chi connectivity index (χ2v) is 3.22. The van der Waals surface area contributed by atoms with Crippen LogP contribution in [0.25, 0.3) is 0 Å². The molecular formula is C9H16N2O2. The zero-order chi connectivity index (χ0) is 9.68. The molecule has 74 valence electrons. The highest BCUT2D eigenvalue weighted by molar-refractivity contribution is 5.04. The minimum atomic E-state index is -0.354. The van der Waals surface area contributed by atoms with Gasteiger partial charge in [-0.1, -0.05) is 5.16 Å². The first-order valence-corrected chi connectivity index (χ1v) is 4.52. The molecule has 0 aliphatic rings. The number of nitrogens with two attached hydrogens (primary N) is 1. The molecule has 0 fully saturated rings. The van der Waals surface area contributed by atoms with Crippen LogP contribution in [0.4, 0.5) is 0 Å². The molecule has 0 saturated carbocycles. The van der Waals surface area contributed by atoms with Gasteiger partial charge in [0.05, 0.1) is 11.8 Å². The second-order valence-electron chi connectivity index (χ2n) is 3.22. The van der Waals surface area contributed by atoms with E-state index in [9.17, 15) is 5.11 Å². The SMILES string of the molecule is Cc1cc(CC(O)CCCN)no1. The van der Waals surface area contributed by atoms with Crippen LogP contribution in [0.1, 0.15) is 24.3 Å². The summed E-state index contributed by atoms with van der Waals surface area (Å²) in [5.41, 5.74) is 6.14. The molecule has 0 amide bonds. The van der Waals surface area contributed by atoms with Crippen LogP contribution in [0.3, 0.4) is 0 Å². The summed E-state index contributed by atoms with van der Waals surface area (Å²) in [6.07, 6.45) is 1.77. The number of nitrogens with zero attached hydrogens (tertiary/aromatic N) is 1. The Balaban J connectivity index is 2.31. The number of aryl methyl sites for hydroxylation is 1. The molecule has 0 aromatic carbocycles. The number of hydrogen-bond donors (Lipinski definition) is 2. The first-order valence-electron chi connectivity index (χ1n) is 4.52. The normalized spacial score (nSPS) is 13.2. The van der Waals surface area contributed by atoms with Crippen LogP contribution in [0.5, 0.6) is 0 Å². The maximum atomic E-state index is 9.51. The Morgan fingerprint density at radius 3 is 3.00 bits per heavy atom. The summed E-state index contributed by atoms with van der Waals surface area (Å²) in [5, 5.41) is 13.3. The van der Waals surface area contributed by atoms with Gasteiger partial charge < -0.3 is 15.4 Å². The number of aliphatic hydroxyl groups excluding tert-OH is 1. The Kier molecular flexibility index (Phi) is 3.92. The summed E-state index contributed by atoms with van der Waals surface area (Å²) in [4.78, 5) is 0. The molecule has 1 rings (SSSR count). The molecule has 0 aliphatic heterocycles. The predicted octanol–water partition coefficient (Wildman–Crippen LogP) is 0.625. The summed E-state index contributed by atoms with van der Waals surface area (Å²) >= 11 is 0. The van der Waals surface area contributed by atoms with Crippen LogP contribution in [-0.2, 0) is 6.42 Å². The fourth-order valence-corrected chi connectivity index (χ4v) is 1.21. The average molecular weight is 184 g/mol. The van der Waals surface area contributed by atoms with Crippen molar-refractivity contribution < 1.29 is 9.63 Å². The van der Waals surface area contributed by atoms with Gasteiger partial charge >= 0.3 is 0 Å². The Morgan fingerprint density at radius 2 is 2.46 bits per heavy atom. The fraction of sp³-hybridized carbons (Fsp3) is 0.667. The molecule has 1 unspecified atom stereocenters. The molecule has 1 atom stereocenters. The van der Waals surface area contributed by atoms with Crippen molar-refractivity contribution in [2.45, 2.75) is 32.3 Å². The molecule has 13 heavy (non-hydrogen) atoms. The van der Waals surface area contributed by atoms with E-state index < -0.39 is 0 Å². The standard InChI is InChI=1S/C9H16N2O2/c1-7-5-8(11-13-7)6-9(12)3-2-4-10/h5,9,12H,2-4,6,10H2,1H3. The third-order valence-electron chi connectivity index (χ3n) is 1.86. The Morgan fingerprint density at radius 1 is 1.69 bits per heavy atom. The van der Waals surface area contributed by atoms with E-state index in [1.165, 1.54) is 0 Å². The zero-order valence-electron chi connectivity index (χ0n) is 7.86. The van der Waals surface area contributed by atoms with Crippen molar-refractivity contribution in [3.05, 3.63) is 17.5 Å². The zero-order valence-corrected chi connectivity index (χ0v) is 7.86. The van der Waals surface area contributed by atoms with E-state index in [2.05, 4.69) is 5.16 Å². The predicted molar refractivity (Wildman–Crippen MR) is 49.2 cm³/mol. The second kappa shape index (κ2) is 4.99. The molecular weight excluding hydrogens is 168 g/mol. The lowest BCUT2D eigenvalue weighted by Gasteiger charge is -2.06. The van der Waals surface area contributed by atoms with Gasteiger partial charge in [-0.3, -0.25) is 0 Å². The van der Waals surface area contributed by atoms with Crippen molar-refractivity contribution in [3.8, 4) is 0 Å². The number of aliphatic hydroxyl groups is 1. The molecule has 0 bridgehead atoms. The van der Waals surface area contributed by atoms with Gasteiger partial charge in [-0.25, -0.2) is 0 Å². The van der Waals surface area contributed by atoms with Crippen molar-refractivity contribution in [3.63, 3.8) is 0 Å². The van der Waals surface area contributed by atoms with E-state index in [1.807, 2.05) is 13.0 Å². The molecule has 1 aromatic rings. The quantitative estimate of drug-likeness (QED) is 0.703. The topological polar surface area (TPSA) is 72.3 Å². The smallest absolute Gasteiger partial charge is 0.133 e. The van der Waals surface area contributed by atoms with Crippen LogP contribution in [0.2, 0.25) is 0 Å². The van der Waals surface area contributed by atoms with Crippen molar-refractivity contribution >= 4 is 0 Å². The lowest BCUT2D eigenvalue weighted by Crippen LogP contribution is -2.13. The third-order valence-corrected chi connectivity index (χ3v) is 1.86. The van der Waals surface area contributed by atoms with Gasteiger partial charge in [-0.2, -0.15) is 0 Å². The summed E-state index contributed by atoms with van der Waals surface area (Å²) in [6.45, 7) is 2.46. The van der Waals surface area contributed by atoms with Gasteiger partial charge in [0.25, 0.3) is 0 Å². The van der Waals surface area contributed by atoms with E-state index >= 15 is 0 Å². The summed E-state index contributed by atoms with van der Waals surface area (Å²) in [5.74, 6) is 0.779. The first kappa shape index (κ1) is 10.2. The van der Waals surface area contributed by atoms with Gasteiger partial charge in [0.2, 0.25) is 0 Å². The van der Waals surface area contributed by atoms with Crippen LogP contribution in [0, 0.1) is 6.92 Å². The molecule has 1 heterocycles. The van der Waals surface area contributed by atoms with Crippen molar-refractivity contribution in [2.24, 2.45) is 5.73 Å². The maximum Gasteiger partial charge on any atom is 0.133 e. The highest BCUT2D eigenvalue weighted by atomic mass is 16.5. The molecule has 0 aliphatic carbocycles. The average Bonchev–Trinajstić information content (AvgIpc) is 2.48. The molecule has 4 nitrogen and oxygen atoms in total. The van der Waals surface area contributed by atoms with Gasteiger partial charge in [-0.15, -0.1) is 0 Å².